The number of hydrogen-bond acceptors (Lipinski definition) is 6. The second-order valence-corrected chi connectivity index (χ2v) is 5.32. The Hall–Kier alpha value is -1.87. The minimum Gasteiger partial charge on any atom is -0.397 e. The van der Waals surface area contributed by atoms with Crippen LogP contribution in [0.2, 0.25) is 0 Å². The molecule has 1 aromatic rings. The van der Waals surface area contributed by atoms with Crippen LogP contribution in [-0.2, 0) is 6.18 Å². The normalized spacial score (nSPS) is 11.8. The van der Waals surface area contributed by atoms with Gasteiger partial charge in [0.25, 0.3) is 0 Å². The van der Waals surface area contributed by atoms with Gasteiger partial charge in [-0.15, -0.1) is 4.91 Å². The van der Waals surface area contributed by atoms with E-state index in [0.717, 1.165) is 25.2 Å². The summed E-state index contributed by atoms with van der Waals surface area (Å²) in [6.07, 6.45) is -4.59. The molecule has 0 saturated carbocycles. The maximum Gasteiger partial charge on any atom is 0.416 e. The third-order valence-corrected chi connectivity index (χ3v) is 3.84. The maximum absolute atomic E-state index is 12.9. The molecule has 0 aromatic heterocycles. The molecule has 0 saturated heterocycles. The lowest BCUT2D eigenvalue weighted by atomic mass is 10.1. The predicted molar refractivity (Wildman–Crippen MR) is 90.4 cm³/mol. The van der Waals surface area contributed by atoms with Crippen LogP contribution < -0.4 is 16.4 Å². The summed E-state index contributed by atoms with van der Waals surface area (Å²) in [6, 6.07) is 1.55. The first-order chi connectivity index (χ1) is 11.3. The van der Waals surface area contributed by atoms with Crippen LogP contribution in [0, 0.1) is 4.91 Å². The molecule has 6 nitrogen and oxygen atoms in total. The molecular weight excluding hydrogens is 323 g/mol. The zero-order chi connectivity index (χ0) is 18.3. The van der Waals surface area contributed by atoms with E-state index < -0.39 is 11.7 Å². The highest BCUT2D eigenvalue weighted by molar-refractivity contribution is 5.81. The highest BCUT2D eigenvalue weighted by atomic mass is 19.4. The van der Waals surface area contributed by atoms with Crippen molar-refractivity contribution in [3.05, 3.63) is 22.6 Å². The minimum atomic E-state index is -4.59. The number of nitrogens with zero attached hydrogens (tertiary/aromatic N) is 3. The molecule has 0 spiro atoms. The monoisotopic (exact) mass is 347 g/mol. The van der Waals surface area contributed by atoms with Crippen LogP contribution in [0.15, 0.2) is 17.3 Å². The highest BCUT2D eigenvalue weighted by Gasteiger charge is 2.33. The fourth-order valence-corrected chi connectivity index (χ4v) is 2.51. The maximum atomic E-state index is 12.9. The van der Waals surface area contributed by atoms with Crippen LogP contribution in [0.5, 0.6) is 0 Å². The van der Waals surface area contributed by atoms with Crippen LogP contribution in [-0.4, -0.2) is 44.2 Å². The Morgan fingerprint density at radius 2 is 1.75 bits per heavy atom. The molecule has 4 N–H and O–H groups in total. The molecule has 0 heterocycles. The summed E-state index contributed by atoms with van der Waals surface area (Å²) in [4.78, 5) is 14.9. The fraction of sp³-hybridized carbons (Fsp3) is 0.600. The van der Waals surface area contributed by atoms with E-state index in [1.807, 2.05) is 13.8 Å². The molecular formula is C15H24F3N5O. The Morgan fingerprint density at radius 1 is 1.12 bits per heavy atom. The van der Waals surface area contributed by atoms with Crippen LogP contribution in [0.4, 0.5) is 30.2 Å². The summed E-state index contributed by atoms with van der Waals surface area (Å²) in [5.74, 6) is 0. The first-order valence-corrected chi connectivity index (χ1v) is 7.79. The predicted octanol–water partition coefficient (Wildman–Crippen LogP) is 2.79. The van der Waals surface area contributed by atoms with Crippen molar-refractivity contribution in [3.63, 3.8) is 0 Å². The summed E-state index contributed by atoms with van der Waals surface area (Å²) in [5.41, 5.74) is 10.2. The summed E-state index contributed by atoms with van der Waals surface area (Å²) >= 11 is 0. The topological polar surface area (TPSA) is 87.9 Å². The van der Waals surface area contributed by atoms with Crippen molar-refractivity contribution >= 4 is 17.1 Å². The summed E-state index contributed by atoms with van der Waals surface area (Å²) < 4.78 is 38.6. The standard InChI is InChI=1S/C15H24F3N5O/c1-3-22(4-2)7-8-23(6-5-19)14-12(20)9-11(15(16,17)18)10-13(14)21-24/h9-10H,3-8,19-20H2,1-2H3. The van der Waals surface area contributed by atoms with E-state index in [9.17, 15) is 18.1 Å². The van der Waals surface area contributed by atoms with E-state index >= 15 is 0 Å². The molecule has 1 rings (SSSR count). The second kappa shape index (κ2) is 8.84. The van der Waals surface area contributed by atoms with Gasteiger partial charge in [-0.3, -0.25) is 0 Å². The van der Waals surface area contributed by atoms with Gasteiger partial charge in [-0.2, -0.15) is 13.2 Å². The van der Waals surface area contributed by atoms with Crippen molar-refractivity contribution in [2.45, 2.75) is 20.0 Å². The lowest BCUT2D eigenvalue weighted by Crippen LogP contribution is -2.38. The van der Waals surface area contributed by atoms with Gasteiger partial charge >= 0.3 is 6.18 Å². The van der Waals surface area contributed by atoms with Crippen LogP contribution in [0.3, 0.4) is 0 Å². The van der Waals surface area contributed by atoms with Gasteiger partial charge < -0.3 is 21.3 Å². The number of rotatable bonds is 9. The number of nitrogen functional groups attached to an aromatic ring is 1. The van der Waals surface area contributed by atoms with Crippen molar-refractivity contribution in [2.75, 3.05) is 49.9 Å². The molecule has 9 heteroatoms. The van der Waals surface area contributed by atoms with E-state index in [1.54, 1.807) is 4.90 Å². The van der Waals surface area contributed by atoms with E-state index in [4.69, 9.17) is 11.5 Å². The quantitative estimate of drug-likeness (QED) is 0.530. The first kappa shape index (κ1) is 20.2. The first-order valence-electron chi connectivity index (χ1n) is 7.79. The highest BCUT2D eigenvalue weighted by Crippen LogP contribution is 2.41. The van der Waals surface area contributed by atoms with Crippen molar-refractivity contribution < 1.29 is 13.2 Å². The van der Waals surface area contributed by atoms with Crippen LogP contribution in [0.25, 0.3) is 0 Å². The molecule has 0 aliphatic carbocycles. The summed E-state index contributed by atoms with van der Waals surface area (Å²) in [7, 11) is 0. The smallest absolute Gasteiger partial charge is 0.397 e. The Kier molecular flexibility index (Phi) is 7.43. The number of benzene rings is 1. The van der Waals surface area contributed by atoms with Gasteiger partial charge in [-0.1, -0.05) is 13.8 Å². The zero-order valence-electron chi connectivity index (χ0n) is 13.9. The number of nitrogens with two attached hydrogens (primary N) is 2. The Labute approximate surface area is 139 Å². The van der Waals surface area contributed by atoms with E-state index in [-0.39, 0.29) is 23.6 Å². The molecule has 24 heavy (non-hydrogen) atoms. The van der Waals surface area contributed by atoms with E-state index in [1.165, 1.54) is 0 Å². The minimum absolute atomic E-state index is 0.132. The number of nitroso groups, excluding NO2 is 1. The molecule has 0 bridgehead atoms. The third-order valence-electron chi connectivity index (χ3n) is 3.84. The number of halogens is 3. The average molecular weight is 347 g/mol. The van der Waals surface area contributed by atoms with Gasteiger partial charge in [-0.25, -0.2) is 0 Å². The van der Waals surface area contributed by atoms with Gasteiger partial charge in [0.1, 0.15) is 5.69 Å². The summed E-state index contributed by atoms with van der Waals surface area (Å²) in [5, 5.41) is 2.75. The van der Waals surface area contributed by atoms with Gasteiger partial charge in [0.2, 0.25) is 0 Å². The Bertz CT molecular complexity index is 547. The lowest BCUT2D eigenvalue weighted by molar-refractivity contribution is -0.137. The SMILES string of the molecule is CCN(CC)CCN(CCN)c1c(N)cc(C(F)(F)F)cc1N=O. The molecule has 0 fully saturated rings. The molecule has 0 amide bonds. The molecule has 1 aromatic carbocycles. The van der Waals surface area contributed by atoms with Crippen LogP contribution >= 0.6 is 0 Å². The molecule has 0 atom stereocenters. The van der Waals surface area contributed by atoms with Gasteiger partial charge in [0, 0.05) is 26.2 Å². The van der Waals surface area contributed by atoms with Crippen molar-refractivity contribution in [3.8, 4) is 0 Å². The summed E-state index contributed by atoms with van der Waals surface area (Å²) in [6.45, 7) is 7.50. The number of alkyl halides is 3. The van der Waals surface area contributed by atoms with E-state index in [0.29, 0.717) is 19.6 Å². The number of anilines is 2. The van der Waals surface area contributed by atoms with Gasteiger partial charge in [0.05, 0.1) is 16.9 Å². The Morgan fingerprint density at radius 3 is 2.21 bits per heavy atom. The molecule has 0 unspecified atom stereocenters. The zero-order valence-corrected chi connectivity index (χ0v) is 13.9. The van der Waals surface area contributed by atoms with Crippen molar-refractivity contribution in [1.82, 2.24) is 4.90 Å². The van der Waals surface area contributed by atoms with Crippen molar-refractivity contribution in [1.29, 1.82) is 0 Å². The van der Waals surface area contributed by atoms with Gasteiger partial charge in [-0.05, 0) is 30.4 Å². The Balaban J connectivity index is 3.20. The molecule has 0 aliphatic heterocycles. The lowest BCUT2D eigenvalue weighted by Gasteiger charge is -2.29. The molecule has 0 aliphatic rings. The largest absolute Gasteiger partial charge is 0.416 e. The average Bonchev–Trinajstić information content (AvgIpc) is 2.53. The van der Waals surface area contributed by atoms with Crippen molar-refractivity contribution in [2.24, 2.45) is 10.9 Å². The second-order valence-electron chi connectivity index (χ2n) is 5.32. The fourth-order valence-electron chi connectivity index (χ4n) is 2.51. The molecule has 0 radical (unpaired) electrons. The van der Waals surface area contributed by atoms with Gasteiger partial charge in [0.15, 0.2) is 0 Å². The third kappa shape index (κ3) is 5.07. The molecule has 136 valence electrons. The number of likely N-dealkylation sites (N-methyl/N-ethyl adjacent to an activating group) is 1. The number of hydrogen-bond donors (Lipinski definition) is 2. The van der Waals surface area contributed by atoms with E-state index in [2.05, 4.69) is 10.1 Å². The van der Waals surface area contributed by atoms with Crippen LogP contribution in [0.1, 0.15) is 19.4 Å².